The molecule has 3 nitrogen and oxygen atoms in total. The van der Waals surface area contributed by atoms with E-state index < -0.39 is 11.9 Å². The lowest BCUT2D eigenvalue weighted by atomic mass is 10.2. The maximum absolute atomic E-state index is 13.3. The quantitative estimate of drug-likeness (QED) is 0.908. The molecule has 2 rings (SSSR count). The highest BCUT2D eigenvalue weighted by Crippen LogP contribution is 2.21. The van der Waals surface area contributed by atoms with Crippen LogP contribution in [0.2, 0.25) is 0 Å². The number of amides is 1. The first-order valence-corrected chi connectivity index (χ1v) is 6.80. The van der Waals surface area contributed by atoms with Crippen LogP contribution >= 0.6 is 27.3 Å². The fourth-order valence-corrected chi connectivity index (χ4v) is 2.36. The van der Waals surface area contributed by atoms with Gasteiger partial charge in [-0.1, -0.05) is 6.07 Å². The maximum atomic E-state index is 13.3. The highest BCUT2D eigenvalue weighted by Gasteiger charge is 2.17. The number of halogens is 2. The van der Waals surface area contributed by atoms with Crippen LogP contribution in [0.3, 0.4) is 0 Å². The van der Waals surface area contributed by atoms with Crippen molar-refractivity contribution in [3.05, 3.63) is 50.9 Å². The maximum Gasteiger partial charge on any atom is 0.246 e. The monoisotopic (exact) mass is 328 g/mol. The number of hydrogen-bond acceptors (Lipinski definition) is 3. The molecule has 94 valence electrons. The first-order chi connectivity index (χ1) is 8.58. The Bertz CT molecular complexity index is 559. The van der Waals surface area contributed by atoms with Gasteiger partial charge in [-0.3, -0.25) is 4.79 Å². The summed E-state index contributed by atoms with van der Waals surface area (Å²) in [6.45, 7) is 0. The molecule has 1 heterocycles. The van der Waals surface area contributed by atoms with Crippen LogP contribution in [0.5, 0.6) is 0 Å². The van der Waals surface area contributed by atoms with E-state index in [1.807, 2.05) is 11.4 Å². The Kier molecular flexibility index (Phi) is 4.11. The number of nitrogens with two attached hydrogens (primary N) is 1. The molecule has 0 aliphatic carbocycles. The zero-order valence-electron chi connectivity index (χ0n) is 9.19. The Hall–Kier alpha value is -1.24. The molecule has 0 aliphatic rings. The molecule has 0 radical (unpaired) electrons. The largest absolute Gasteiger partial charge is 0.324 e. The molecule has 0 saturated heterocycles. The number of hydrogen-bond donors (Lipinski definition) is 2. The van der Waals surface area contributed by atoms with E-state index in [2.05, 4.69) is 21.2 Å². The smallest absolute Gasteiger partial charge is 0.246 e. The van der Waals surface area contributed by atoms with Crippen molar-refractivity contribution in [2.75, 3.05) is 5.32 Å². The minimum atomic E-state index is -0.739. The molecule has 1 aromatic carbocycles. The molecule has 1 atom stereocenters. The normalized spacial score (nSPS) is 12.2. The zero-order chi connectivity index (χ0) is 13.1. The zero-order valence-corrected chi connectivity index (χ0v) is 11.6. The molecule has 0 aliphatic heterocycles. The minimum absolute atomic E-state index is 0.350. The van der Waals surface area contributed by atoms with Gasteiger partial charge in [0.15, 0.2) is 0 Å². The number of benzene rings is 1. The molecular formula is C12H10BrFN2OS. The van der Waals surface area contributed by atoms with Crippen LogP contribution in [0.4, 0.5) is 10.1 Å². The average Bonchev–Trinajstić information content (AvgIpc) is 2.86. The molecule has 0 spiro atoms. The summed E-state index contributed by atoms with van der Waals surface area (Å²) in [6, 6.07) is 7.25. The lowest BCUT2D eigenvalue weighted by molar-refractivity contribution is -0.117. The van der Waals surface area contributed by atoms with Gasteiger partial charge in [0.25, 0.3) is 0 Å². The van der Waals surface area contributed by atoms with Crippen molar-refractivity contribution in [2.45, 2.75) is 6.04 Å². The second-order valence-corrected chi connectivity index (χ2v) is 5.44. The summed E-state index contributed by atoms with van der Waals surface area (Å²) in [5, 5.41) is 4.43. The molecule has 1 unspecified atom stereocenters. The summed E-state index contributed by atoms with van der Waals surface area (Å²) < 4.78 is 13.6. The molecule has 1 aromatic heterocycles. The fourth-order valence-electron chi connectivity index (χ4n) is 1.39. The van der Waals surface area contributed by atoms with E-state index in [1.54, 1.807) is 12.1 Å². The first kappa shape index (κ1) is 13.2. The van der Waals surface area contributed by atoms with E-state index in [0.717, 1.165) is 4.88 Å². The van der Waals surface area contributed by atoms with Gasteiger partial charge in [0.1, 0.15) is 11.9 Å². The van der Waals surface area contributed by atoms with Crippen molar-refractivity contribution in [2.24, 2.45) is 5.73 Å². The van der Waals surface area contributed by atoms with E-state index >= 15 is 0 Å². The van der Waals surface area contributed by atoms with Gasteiger partial charge >= 0.3 is 0 Å². The van der Waals surface area contributed by atoms with Crippen molar-refractivity contribution in [3.8, 4) is 0 Å². The number of thiophene rings is 1. The van der Waals surface area contributed by atoms with Gasteiger partial charge in [-0.2, -0.15) is 0 Å². The standard InChI is InChI=1S/C12H10BrFN2OS/c13-8-4-3-7(6-9(8)14)16-12(17)11(15)10-2-1-5-18-10/h1-6,11H,15H2,(H,16,17). The van der Waals surface area contributed by atoms with Crippen LogP contribution in [-0.4, -0.2) is 5.91 Å². The van der Waals surface area contributed by atoms with Crippen LogP contribution in [-0.2, 0) is 4.79 Å². The number of carbonyl (C=O) groups excluding carboxylic acids is 1. The molecule has 1 amide bonds. The number of nitrogens with one attached hydrogen (secondary N) is 1. The van der Waals surface area contributed by atoms with Crippen LogP contribution in [0, 0.1) is 5.82 Å². The summed E-state index contributed by atoms with van der Waals surface area (Å²) in [7, 11) is 0. The predicted octanol–water partition coefficient (Wildman–Crippen LogP) is 3.29. The summed E-state index contributed by atoms with van der Waals surface area (Å²) in [5.74, 6) is -0.795. The van der Waals surface area contributed by atoms with Crippen molar-refractivity contribution < 1.29 is 9.18 Å². The third-order valence-electron chi connectivity index (χ3n) is 2.32. The molecule has 6 heteroatoms. The predicted molar refractivity (Wildman–Crippen MR) is 74.0 cm³/mol. The third kappa shape index (κ3) is 2.95. The Balaban J connectivity index is 2.09. The van der Waals surface area contributed by atoms with Crippen LogP contribution < -0.4 is 11.1 Å². The first-order valence-electron chi connectivity index (χ1n) is 5.13. The highest BCUT2D eigenvalue weighted by atomic mass is 79.9. The number of anilines is 1. The molecule has 18 heavy (non-hydrogen) atoms. The lowest BCUT2D eigenvalue weighted by Crippen LogP contribution is -2.27. The summed E-state index contributed by atoms with van der Waals surface area (Å²) in [5.41, 5.74) is 6.18. The van der Waals surface area contributed by atoms with Crippen molar-refractivity contribution in [1.82, 2.24) is 0 Å². The van der Waals surface area contributed by atoms with Gasteiger partial charge in [0.2, 0.25) is 5.91 Å². The van der Waals surface area contributed by atoms with Gasteiger partial charge < -0.3 is 11.1 Å². The Morgan fingerprint density at radius 2 is 2.22 bits per heavy atom. The Morgan fingerprint density at radius 3 is 2.83 bits per heavy atom. The molecule has 3 N–H and O–H groups in total. The van der Waals surface area contributed by atoms with Crippen molar-refractivity contribution in [3.63, 3.8) is 0 Å². The van der Waals surface area contributed by atoms with Crippen LogP contribution in [0.25, 0.3) is 0 Å². The fraction of sp³-hybridized carbons (Fsp3) is 0.0833. The van der Waals surface area contributed by atoms with Crippen LogP contribution in [0.1, 0.15) is 10.9 Å². The Morgan fingerprint density at radius 1 is 1.44 bits per heavy atom. The minimum Gasteiger partial charge on any atom is -0.324 e. The van der Waals surface area contributed by atoms with Crippen molar-refractivity contribution >= 4 is 38.9 Å². The lowest BCUT2D eigenvalue weighted by Gasteiger charge is -2.11. The Labute approximate surface area is 116 Å². The van der Waals surface area contributed by atoms with E-state index in [-0.39, 0.29) is 5.91 Å². The van der Waals surface area contributed by atoms with E-state index in [4.69, 9.17) is 5.73 Å². The second-order valence-electron chi connectivity index (χ2n) is 3.61. The van der Waals surface area contributed by atoms with E-state index in [0.29, 0.717) is 10.2 Å². The van der Waals surface area contributed by atoms with Crippen molar-refractivity contribution in [1.29, 1.82) is 0 Å². The number of carbonyl (C=O) groups is 1. The molecule has 0 saturated carbocycles. The van der Waals surface area contributed by atoms with Gasteiger partial charge in [-0.25, -0.2) is 4.39 Å². The van der Waals surface area contributed by atoms with Gasteiger partial charge in [-0.15, -0.1) is 11.3 Å². The topological polar surface area (TPSA) is 55.1 Å². The van der Waals surface area contributed by atoms with E-state index in [9.17, 15) is 9.18 Å². The van der Waals surface area contributed by atoms with E-state index in [1.165, 1.54) is 23.5 Å². The molecule has 0 fully saturated rings. The SMILES string of the molecule is NC(C(=O)Nc1ccc(Br)c(F)c1)c1cccs1. The second kappa shape index (κ2) is 5.60. The molecular weight excluding hydrogens is 319 g/mol. The number of rotatable bonds is 3. The van der Waals surface area contributed by atoms with Gasteiger partial charge in [0.05, 0.1) is 4.47 Å². The summed E-state index contributed by atoms with van der Waals surface area (Å²) >= 11 is 4.45. The third-order valence-corrected chi connectivity index (χ3v) is 3.92. The molecule has 2 aromatic rings. The van der Waals surface area contributed by atoms with Gasteiger partial charge in [0, 0.05) is 10.6 Å². The molecule has 0 bridgehead atoms. The van der Waals surface area contributed by atoms with Crippen LogP contribution in [0.15, 0.2) is 40.2 Å². The summed E-state index contributed by atoms with van der Waals surface area (Å²) in [6.07, 6.45) is 0. The van der Waals surface area contributed by atoms with Gasteiger partial charge in [-0.05, 0) is 45.6 Å². The summed E-state index contributed by atoms with van der Waals surface area (Å²) in [4.78, 5) is 12.6. The average molecular weight is 329 g/mol. The highest BCUT2D eigenvalue weighted by molar-refractivity contribution is 9.10.